The summed E-state index contributed by atoms with van der Waals surface area (Å²) < 4.78 is 28.5. The number of nitrogens with one attached hydrogen (secondary N) is 1. The Bertz CT molecular complexity index is 1000. The zero-order chi connectivity index (χ0) is 19.7. The molecule has 0 unspecified atom stereocenters. The van der Waals surface area contributed by atoms with Gasteiger partial charge in [-0.3, -0.25) is 4.79 Å². The van der Waals surface area contributed by atoms with E-state index in [1.807, 2.05) is 6.92 Å². The molecular weight excluding hydrogens is 358 g/mol. The van der Waals surface area contributed by atoms with Crippen LogP contribution in [0.2, 0.25) is 0 Å². The molecule has 1 N–H and O–H groups in total. The number of benzene rings is 2. The first kappa shape index (κ1) is 18.4. The van der Waals surface area contributed by atoms with Crippen LogP contribution in [0.15, 0.2) is 48.5 Å². The first-order valence-corrected chi connectivity index (χ1v) is 9.55. The Morgan fingerprint density at radius 3 is 2.25 bits per heavy atom. The minimum Gasteiger partial charge on any atom is -0.336 e. The van der Waals surface area contributed by atoms with Crippen molar-refractivity contribution in [3.05, 3.63) is 88.2 Å². The minimum atomic E-state index is -0.343. The Labute approximate surface area is 163 Å². The van der Waals surface area contributed by atoms with E-state index in [2.05, 4.69) is 9.88 Å². The van der Waals surface area contributed by atoms with Gasteiger partial charge in [-0.05, 0) is 85.7 Å². The summed E-state index contributed by atoms with van der Waals surface area (Å²) in [5.41, 5.74) is 5.56. The normalized spacial score (nSPS) is 13.2. The van der Waals surface area contributed by atoms with Crippen LogP contribution < -0.4 is 5.32 Å². The van der Waals surface area contributed by atoms with Gasteiger partial charge in [0.1, 0.15) is 17.3 Å². The first-order chi connectivity index (χ1) is 13.5. The number of aromatic nitrogens is 1. The zero-order valence-corrected chi connectivity index (χ0v) is 15.8. The third-order valence-corrected chi connectivity index (χ3v) is 5.41. The van der Waals surface area contributed by atoms with Crippen LogP contribution in [0.25, 0.3) is 0 Å². The Balaban J connectivity index is 1.72. The molecule has 1 amide bonds. The Kier molecular flexibility index (Phi) is 4.99. The smallest absolute Gasteiger partial charge is 0.272 e. The van der Waals surface area contributed by atoms with Gasteiger partial charge >= 0.3 is 0 Å². The number of carbonyl (C=O) groups excluding carboxylic acids is 1. The van der Waals surface area contributed by atoms with E-state index in [0.717, 1.165) is 36.8 Å². The lowest BCUT2D eigenvalue weighted by Gasteiger charge is -2.17. The maximum Gasteiger partial charge on any atom is 0.272 e. The SMILES string of the molecule is Cc1c2c(n(Cc3ccc(F)cc3)c1C(=O)Nc1ccc(F)cc1)CCCC2. The average molecular weight is 380 g/mol. The number of halogens is 2. The topological polar surface area (TPSA) is 34.0 Å². The largest absolute Gasteiger partial charge is 0.336 e. The predicted molar refractivity (Wildman–Crippen MR) is 106 cm³/mol. The van der Waals surface area contributed by atoms with E-state index in [4.69, 9.17) is 0 Å². The van der Waals surface area contributed by atoms with Crippen LogP contribution in [-0.2, 0) is 19.4 Å². The molecule has 1 heterocycles. The molecule has 1 aliphatic rings. The second-order valence-electron chi connectivity index (χ2n) is 7.28. The van der Waals surface area contributed by atoms with E-state index in [9.17, 15) is 13.6 Å². The molecule has 1 aliphatic carbocycles. The van der Waals surface area contributed by atoms with Crippen molar-refractivity contribution in [1.29, 1.82) is 0 Å². The number of hydrogen-bond donors (Lipinski definition) is 1. The molecule has 0 saturated heterocycles. The molecule has 28 heavy (non-hydrogen) atoms. The lowest BCUT2D eigenvalue weighted by atomic mass is 9.95. The molecule has 0 saturated carbocycles. The second kappa shape index (κ2) is 7.58. The van der Waals surface area contributed by atoms with Gasteiger partial charge in [-0.1, -0.05) is 12.1 Å². The van der Waals surface area contributed by atoms with Gasteiger partial charge in [-0.15, -0.1) is 0 Å². The number of carbonyl (C=O) groups is 1. The maximum absolute atomic E-state index is 13.3. The summed E-state index contributed by atoms with van der Waals surface area (Å²) in [5.74, 6) is -0.825. The number of rotatable bonds is 4. The summed E-state index contributed by atoms with van der Waals surface area (Å²) in [5, 5.41) is 2.88. The summed E-state index contributed by atoms with van der Waals surface area (Å²) in [6.07, 6.45) is 4.11. The molecule has 0 spiro atoms. The van der Waals surface area contributed by atoms with Crippen LogP contribution in [-0.4, -0.2) is 10.5 Å². The third-order valence-electron chi connectivity index (χ3n) is 5.41. The van der Waals surface area contributed by atoms with Crippen molar-refractivity contribution in [2.75, 3.05) is 5.32 Å². The van der Waals surface area contributed by atoms with Crippen molar-refractivity contribution in [2.45, 2.75) is 39.2 Å². The van der Waals surface area contributed by atoms with Crippen LogP contribution in [0, 0.1) is 18.6 Å². The van der Waals surface area contributed by atoms with Crippen LogP contribution in [0.3, 0.4) is 0 Å². The van der Waals surface area contributed by atoms with Crippen molar-refractivity contribution in [2.24, 2.45) is 0 Å². The van der Waals surface area contributed by atoms with Gasteiger partial charge in [0.2, 0.25) is 0 Å². The third kappa shape index (κ3) is 3.57. The number of fused-ring (bicyclic) bond motifs is 1. The monoisotopic (exact) mass is 380 g/mol. The number of amides is 1. The molecule has 2 aromatic carbocycles. The maximum atomic E-state index is 13.3. The van der Waals surface area contributed by atoms with E-state index < -0.39 is 0 Å². The van der Waals surface area contributed by atoms with Crippen LogP contribution >= 0.6 is 0 Å². The average Bonchev–Trinajstić information content (AvgIpc) is 2.98. The summed E-state index contributed by atoms with van der Waals surface area (Å²) in [6.45, 7) is 2.51. The molecule has 144 valence electrons. The predicted octanol–water partition coefficient (Wildman–Crippen LogP) is 5.25. The van der Waals surface area contributed by atoms with Gasteiger partial charge < -0.3 is 9.88 Å². The molecule has 5 heteroatoms. The molecule has 0 fully saturated rings. The Morgan fingerprint density at radius 2 is 1.57 bits per heavy atom. The highest BCUT2D eigenvalue weighted by Crippen LogP contribution is 2.31. The van der Waals surface area contributed by atoms with E-state index in [1.165, 1.54) is 35.5 Å². The lowest BCUT2D eigenvalue weighted by molar-refractivity contribution is 0.101. The standard InChI is InChI=1S/C23H22F2N2O/c1-15-20-4-2-3-5-21(20)27(14-16-6-8-17(24)9-7-16)22(15)23(28)26-19-12-10-18(25)11-13-19/h6-13H,2-5,14H2,1H3,(H,26,28). The van der Waals surface area contributed by atoms with Crippen LogP contribution in [0.1, 0.15) is 45.7 Å². The van der Waals surface area contributed by atoms with Gasteiger partial charge in [-0.2, -0.15) is 0 Å². The molecule has 0 aliphatic heterocycles. The summed E-state index contributed by atoms with van der Waals surface area (Å²) in [7, 11) is 0. The summed E-state index contributed by atoms with van der Waals surface area (Å²) >= 11 is 0. The number of anilines is 1. The van der Waals surface area contributed by atoms with Crippen LogP contribution in [0.5, 0.6) is 0 Å². The molecule has 1 aromatic heterocycles. The summed E-state index contributed by atoms with van der Waals surface area (Å²) in [6, 6.07) is 12.1. The Morgan fingerprint density at radius 1 is 0.964 bits per heavy atom. The fourth-order valence-electron chi connectivity index (χ4n) is 4.03. The molecule has 4 rings (SSSR count). The van der Waals surface area contributed by atoms with E-state index in [-0.39, 0.29) is 17.5 Å². The molecule has 3 aromatic rings. The quantitative estimate of drug-likeness (QED) is 0.659. The second-order valence-corrected chi connectivity index (χ2v) is 7.28. The van der Waals surface area contributed by atoms with Crippen molar-refractivity contribution in [1.82, 2.24) is 4.57 Å². The number of hydrogen-bond acceptors (Lipinski definition) is 1. The summed E-state index contributed by atoms with van der Waals surface area (Å²) in [4.78, 5) is 13.1. The zero-order valence-electron chi connectivity index (χ0n) is 15.8. The lowest BCUT2D eigenvalue weighted by Crippen LogP contribution is -2.20. The van der Waals surface area contributed by atoms with Gasteiger partial charge in [0, 0.05) is 17.9 Å². The van der Waals surface area contributed by atoms with E-state index >= 15 is 0 Å². The fourth-order valence-corrected chi connectivity index (χ4v) is 4.03. The molecule has 3 nitrogen and oxygen atoms in total. The number of nitrogens with zero attached hydrogens (tertiary/aromatic N) is 1. The molecule has 0 atom stereocenters. The first-order valence-electron chi connectivity index (χ1n) is 9.55. The van der Waals surface area contributed by atoms with Gasteiger partial charge in [0.05, 0.1) is 0 Å². The van der Waals surface area contributed by atoms with Gasteiger partial charge in [0.25, 0.3) is 5.91 Å². The minimum absolute atomic E-state index is 0.208. The highest BCUT2D eigenvalue weighted by molar-refractivity contribution is 6.04. The fraction of sp³-hybridized carbons (Fsp3) is 0.261. The molecule has 0 radical (unpaired) electrons. The van der Waals surface area contributed by atoms with Crippen molar-refractivity contribution in [3.63, 3.8) is 0 Å². The van der Waals surface area contributed by atoms with Crippen molar-refractivity contribution < 1.29 is 13.6 Å². The van der Waals surface area contributed by atoms with E-state index in [1.54, 1.807) is 24.3 Å². The highest BCUT2D eigenvalue weighted by atomic mass is 19.1. The van der Waals surface area contributed by atoms with Crippen molar-refractivity contribution >= 4 is 11.6 Å². The van der Waals surface area contributed by atoms with E-state index in [0.29, 0.717) is 17.9 Å². The van der Waals surface area contributed by atoms with Crippen LogP contribution in [0.4, 0.5) is 14.5 Å². The Hall–Kier alpha value is -2.95. The highest BCUT2D eigenvalue weighted by Gasteiger charge is 2.26. The molecular formula is C23H22F2N2O. The molecule has 0 bridgehead atoms. The van der Waals surface area contributed by atoms with Gasteiger partial charge in [0.15, 0.2) is 0 Å². The van der Waals surface area contributed by atoms with Crippen molar-refractivity contribution in [3.8, 4) is 0 Å². The van der Waals surface area contributed by atoms with Gasteiger partial charge in [-0.25, -0.2) is 8.78 Å².